The van der Waals surface area contributed by atoms with Gasteiger partial charge in [0.25, 0.3) is 0 Å². The van der Waals surface area contributed by atoms with Crippen LogP contribution in [0.4, 0.5) is 0 Å². The lowest BCUT2D eigenvalue weighted by Gasteiger charge is -1.93. The molecule has 4 heteroatoms. The molecule has 13 heavy (non-hydrogen) atoms. The Labute approximate surface area is 83.5 Å². The van der Waals surface area contributed by atoms with Gasteiger partial charge in [-0.3, -0.25) is 9.48 Å². The van der Waals surface area contributed by atoms with Crippen LogP contribution >= 0.6 is 15.9 Å². The van der Waals surface area contributed by atoms with Gasteiger partial charge in [0.05, 0.1) is 5.52 Å². The molecule has 0 spiro atoms. The zero-order chi connectivity index (χ0) is 9.42. The molecule has 0 aliphatic heterocycles. The predicted molar refractivity (Wildman–Crippen MR) is 53.8 cm³/mol. The van der Waals surface area contributed by atoms with Crippen LogP contribution in [-0.4, -0.2) is 16.1 Å². The number of aryl methyl sites for hydroxylation is 1. The van der Waals surface area contributed by atoms with Gasteiger partial charge in [0.2, 0.25) is 0 Å². The SMILES string of the molecule is Cn1nc(C=O)c2cc(Br)ccc21. The highest BCUT2D eigenvalue weighted by molar-refractivity contribution is 9.10. The molecule has 3 nitrogen and oxygen atoms in total. The quantitative estimate of drug-likeness (QED) is 0.714. The standard InChI is InChI=1S/C9H7BrN2O/c1-12-9-3-2-6(10)4-7(9)8(5-13)11-12/h2-5H,1H3. The molecular weight excluding hydrogens is 232 g/mol. The van der Waals surface area contributed by atoms with Crippen molar-refractivity contribution < 1.29 is 4.79 Å². The van der Waals surface area contributed by atoms with Crippen molar-refractivity contribution in [2.45, 2.75) is 0 Å². The summed E-state index contributed by atoms with van der Waals surface area (Å²) in [7, 11) is 1.82. The van der Waals surface area contributed by atoms with Gasteiger partial charge in [-0.25, -0.2) is 0 Å². The number of carbonyl (C=O) groups is 1. The molecule has 0 atom stereocenters. The van der Waals surface area contributed by atoms with Crippen LogP contribution in [-0.2, 0) is 7.05 Å². The van der Waals surface area contributed by atoms with Crippen molar-refractivity contribution in [3.63, 3.8) is 0 Å². The zero-order valence-corrected chi connectivity index (χ0v) is 8.58. The zero-order valence-electron chi connectivity index (χ0n) is 6.99. The van der Waals surface area contributed by atoms with Crippen LogP contribution in [0.3, 0.4) is 0 Å². The number of benzene rings is 1. The third kappa shape index (κ3) is 1.27. The average molecular weight is 239 g/mol. The van der Waals surface area contributed by atoms with Gasteiger partial charge in [-0.05, 0) is 18.2 Å². The molecule has 66 valence electrons. The van der Waals surface area contributed by atoms with E-state index in [0.29, 0.717) is 5.69 Å². The van der Waals surface area contributed by atoms with E-state index in [9.17, 15) is 4.79 Å². The summed E-state index contributed by atoms with van der Waals surface area (Å²) < 4.78 is 2.65. The number of aldehydes is 1. The summed E-state index contributed by atoms with van der Waals surface area (Å²) >= 11 is 3.35. The Hall–Kier alpha value is -1.16. The molecule has 0 N–H and O–H groups in total. The Bertz CT molecular complexity index is 476. The summed E-state index contributed by atoms with van der Waals surface area (Å²) in [6, 6.07) is 5.75. The highest BCUT2D eigenvalue weighted by Gasteiger charge is 2.06. The first kappa shape index (κ1) is 8.44. The second kappa shape index (κ2) is 2.96. The van der Waals surface area contributed by atoms with Crippen LogP contribution in [0.2, 0.25) is 0 Å². The minimum absolute atomic E-state index is 0.485. The Morgan fingerprint density at radius 1 is 1.54 bits per heavy atom. The summed E-state index contributed by atoms with van der Waals surface area (Å²) in [6.07, 6.45) is 0.773. The van der Waals surface area contributed by atoms with Gasteiger partial charge in [0.1, 0.15) is 5.69 Å². The van der Waals surface area contributed by atoms with Gasteiger partial charge < -0.3 is 0 Å². The van der Waals surface area contributed by atoms with E-state index in [-0.39, 0.29) is 0 Å². The number of fused-ring (bicyclic) bond motifs is 1. The fourth-order valence-corrected chi connectivity index (χ4v) is 1.71. The first-order valence-electron chi connectivity index (χ1n) is 3.80. The van der Waals surface area contributed by atoms with Crippen LogP contribution in [0.1, 0.15) is 10.5 Å². The van der Waals surface area contributed by atoms with Crippen molar-refractivity contribution in [1.82, 2.24) is 9.78 Å². The Balaban J connectivity index is 2.89. The number of hydrogen-bond donors (Lipinski definition) is 0. The van der Waals surface area contributed by atoms with Crippen LogP contribution in [0, 0.1) is 0 Å². The smallest absolute Gasteiger partial charge is 0.170 e. The van der Waals surface area contributed by atoms with Crippen molar-refractivity contribution >= 4 is 33.1 Å². The maximum Gasteiger partial charge on any atom is 0.170 e. The lowest BCUT2D eigenvalue weighted by atomic mass is 10.2. The molecule has 0 saturated carbocycles. The van der Waals surface area contributed by atoms with E-state index in [4.69, 9.17) is 0 Å². The van der Waals surface area contributed by atoms with Crippen molar-refractivity contribution in [2.24, 2.45) is 7.05 Å². The highest BCUT2D eigenvalue weighted by atomic mass is 79.9. The van der Waals surface area contributed by atoms with Crippen molar-refractivity contribution in [3.05, 3.63) is 28.4 Å². The largest absolute Gasteiger partial charge is 0.296 e. The summed E-state index contributed by atoms with van der Waals surface area (Å²) in [5.41, 5.74) is 1.45. The van der Waals surface area contributed by atoms with Crippen LogP contribution < -0.4 is 0 Å². The van der Waals surface area contributed by atoms with E-state index in [0.717, 1.165) is 21.7 Å². The van der Waals surface area contributed by atoms with E-state index in [1.165, 1.54) is 0 Å². The first-order chi connectivity index (χ1) is 6.22. The molecule has 0 saturated heterocycles. The third-order valence-electron chi connectivity index (χ3n) is 1.95. The predicted octanol–water partition coefficient (Wildman–Crippen LogP) is 2.15. The topological polar surface area (TPSA) is 34.9 Å². The molecule has 0 bridgehead atoms. The number of carbonyl (C=O) groups excluding carboxylic acids is 1. The van der Waals surface area contributed by atoms with E-state index < -0.39 is 0 Å². The van der Waals surface area contributed by atoms with Crippen molar-refractivity contribution in [3.8, 4) is 0 Å². The fraction of sp³-hybridized carbons (Fsp3) is 0.111. The molecule has 0 unspecified atom stereocenters. The van der Waals surface area contributed by atoms with E-state index in [2.05, 4.69) is 21.0 Å². The number of halogens is 1. The second-order valence-corrected chi connectivity index (χ2v) is 3.70. The Morgan fingerprint density at radius 3 is 3.00 bits per heavy atom. The molecule has 0 fully saturated rings. The molecule has 0 radical (unpaired) electrons. The van der Waals surface area contributed by atoms with Crippen LogP contribution in [0.5, 0.6) is 0 Å². The highest BCUT2D eigenvalue weighted by Crippen LogP contribution is 2.21. The molecule has 1 aromatic carbocycles. The van der Waals surface area contributed by atoms with Gasteiger partial charge in [0, 0.05) is 16.9 Å². The molecule has 2 rings (SSSR count). The summed E-state index contributed by atoms with van der Waals surface area (Å²) in [4.78, 5) is 10.7. The lowest BCUT2D eigenvalue weighted by molar-refractivity contribution is 0.112. The van der Waals surface area contributed by atoms with Gasteiger partial charge >= 0.3 is 0 Å². The van der Waals surface area contributed by atoms with Gasteiger partial charge in [0.15, 0.2) is 6.29 Å². The molecule has 1 heterocycles. The van der Waals surface area contributed by atoms with E-state index >= 15 is 0 Å². The summed E-state index contributed by atoms with van der Waals surface area (Å²) in [6.45, 7) is 0. The molecule has 1 aromatic heterocycles. The lowest BCUT2D eigenvalue weighted by Crippen LogP contribution is -1.90. The molecule has 2 aromatic rings. The maximum atomic E-state index is 10.7. The monoisotopic (exact) mass is 238 g/mol. The number of aromatic nitrogens is 2. The first-order valence-corrected chi connectivity index (χ1v) is 4.59. The molecule has 0 amide bonds. The maximum absolute atomic E-state index is 10.7. The summed E-state index contributed by atoms with van der Waals surface area (Å²) in [5.74, 6) is 0. The average Bonchev–Trinajstić information content (AvgIpc) is 2.42. The van der Waals surface area contributed by atoms with Crippen molar-refractivity contribution in [2.75, 3.05) is 0 Å². The number of rotatable bonds is 1. The molecule has 0 aliphatic carbocycles. The molecular formula is C9H7BrN2O. The molecule has 0 aliphatic rings. The van der Waals surface area contributed by atoms with Gasteiger partial charge in [-0.1, -0.05) is 15.9 Å². The van der Waals surface area contributed by atoms with Crippen LogP contribution in [0.15, 0.2) is 22.7 Å². The minimum Gasteiger partial charge on any atom is -0.296 e. The fourth-order valence-electron chi connectivity index (χ4n) is 1.35. The van der Waals surface area contributed by atoms with E-state index in [1.54, 1.807) is 4.68 Å². The number of nitrogens with zero attached hydrogens (tertiary/aromatic N) is 2. The third-order valence-corrected chi connectivity index (χ3v) is 2.45. The number of hydrogen-bond acceptors (Lipinski definition) is 2. The summed E-state index contributed by atoms with van der Waals surface area (Å²) in [5, 5.41) is 4.96. The second-order valence-electron chi connectivity index (χ2n) is 2.79. The minimum atomic E-state index is 0.485. The Morgan fingerprint density at radius 2 is 2.31 bits per heavy atom. The van der Waals surface area contributed by atoms with E-state index in [1.807, 2.05) is 25.2 Å². The van der Waals surface area contributed by atoms with Gasteiger partial charge in [-0.15, -0.1) is 0 Å². The Kier molecular flexibility index (Phi) is 1.92. The van der Waals surface area contributed by atoms with Gasteiger partial charge in [-0.2, -0.15) is 5.10 Å². The van der Waals surface area contributed by atoms with Crippen molar-refractivity contribution in [1.29, 1.82) is 0 Å². The normalized spacial score (nSPS) is 10.6. The van der Waals surface area contributed by atoms with Crippen LogP contribution in [0.25, 0.3) is 10.9 Å².